The zero-order chi connectivity index (χ0) is 24.5. The molecule has 178 valence electrons. The molecule has 2 aliphatic carbocycles. The number of carboxylic acid groups (broad SMARTS) is 1. The average molecular weight is 491 g/mol. The fraction of sp³-hybridized carbons (Fsp3) is 0.222. The first-order valence-electron chi connectivity index (χ1n) is 11.3. The molecule has 2 atom stereocenters. The smallest absolute Gasteiger partial charge is 0.411 e. The largest absolute Gasteiger partial charge is 0.481 e. The predicted molar refractivity (Wildman–Crippen MR) is 132 cm³/mol. The maximum absolute atomic E-state index is 12.5. The van der Waals surface area contributed by atoms with E-state index in [0.29, 0.717) is 24.2 Å². The number of halogens is 1. The number of carbonyl (C=O) groups excluding carboxylic acids is 2. The standard InChI is InChI=1S/C27H23ClN2O5/c28-23-12-15(25(31)29-13-16-11-21(16)26(32)33)9-10-24(23)30-27(34)35-14-22-19-7-3-1-5-17(19)18-6-2-4-8-20(18)22/h1-10,12,16,21-22H,11,13-14H2,(H,29,31)(H,30,34)(H,32,33)/t16-,21-/m0/s1. The minimum absolute atomic E-state index is 0.0403. The Morgan fingerprint density at radius 2 is 1.63 bits per heavy atom. The fourth-order valence-electron chi connectivity index (χ4n) is 4.60. The second-order valence-electron chi connectivity index (χ2n) is 8.80. The van der Waals surface area contributed by atoms with Gasteiger partial charge in [-0.05, 0) is 52.8 Å². The topological polar surface area (TPSA) is 105 Å². The quantitative estimate of drug-likeness (QED) is 0.424. The first-order chi connectivity index (χ1) is 16.9. The fourth-order valence-corrected chi connectivity index (χ4v) is 4.83. The molecule has 2 aliphatic rings. The molecule has 3 aromatic rings. The van der Waals surface area contributed by atoms with E-state index < -0.39 is 12.1 Å². The Hall–Kier alpha value is -3.84. The normalized spacial score (nSPS) is 17.7. The lowest BCUT2D eigenvalue weighted by Gasteiger charge is -2.15. The minimum atomic E-state index is -0.837. The number of nitrogens with one attached hydrogen (secondary N) is 2. The van der Waals surface area contributed by atoms with Crippen molar-refractivity contribution >= 4 is 35.3 Å². The van der Waals surface area contributed by atoms with Crippen molar-refractivity contribution in [2.45, 2.75) is 12.3 Å². The third-order valence-electron chi connectivity index (χ3n) is 6.58. The molecule has 0 unspecified atom stereocenters. The lowest BCUT2D eigenvalue weighted by Crippen LogP contribution is -2.26. The summed E-state index contributed by atoms with van der Waals surface area (Å²) in [7, 11) is 0. The van der Waals surface area contributed by atoms with Gasteiger partial charge in [0.2, 0.25) is 0 Å². The molecule has 0 heterocycles. The van der Waals surface area contributed by atoms with Crippen molar-refractivity contribution in [2.24, 2.45) is 11.8 Å². The summed E-state index contributed by atoms with van der Waals surface area (Å²) < 4.78 is 5.54. The van der Waals surface area contributed by atoms with Gasteiger partial charge in [-0.25, -0.2) is 4.79 Å². The monoisotopic (exact) mass is 490 g/mol. The highest BCUT2D eigenvalue weighted by atomic mass is 35.5. The number of hydrogen-bond acceptors (Lipinski definition) is 4. The number of fused-ring (bicyclic) bond motifs is 3. The molecule has 7 nitrogen and oxygen atoms in total. The van der Waals surface area contributed by atoms with E-state index in [4.69, 9.17) is 21.4 Å². The van der Waals surface area contributed by atoms with E-state index in [1.54, 1.807) is 6.07 Å². The van der Waals surface area contributed by atoms with Gasteiger partial charge in [0, 0.05) is 18.0 Å². The molecule has 3 N–H and O–H groups in total. The van der Waals surface area contributed by atoms with E-state index in [1.807, 2.05) is 36.4 Å². The molecule has 8 heteroatoms. The van der Waals surface area contributed by atoms with E-state index in [2.05, 4.69) is 22.8 Å². The van der Waals surface area contributed by atoms with E-state index in [-0.39, 0.29) is 35.3 Å². The van der Waals surface area contributed by atoms with Crippen LogP contribution in [0, 0.1) is 11.8 Å². The Morgan fingerprint density at radius 3 is 2.23 bits per heavy atom. The maximum Gasteiger partial charge on any atom is 0.411 e. The van der Waals surface area contributed by atoms with Crippen LogP contribution in [-0.2, 0) is 9.53 Å². The van der Waals surface area contributed by atoms with Gasteiger partial charge >= 0.3 is 12.1 Å². The number of rotatable bonds is 7. The van der Waals surface area contributed by atoms with E-state index in [0.717, 1.165) is 22.3 Å². The highest BCUT2D eigenvalue weighted by Crippen LogP contribution is 2.44. The summed E-state index contributed by atoms with van der Waals surface area (Å²) in [5, 5.41) is 14.5. The molecule has 0 aliphatic heterocycles. The molecule has 3 aromatic carbocycles. The number of carboxylic acids is 1. The molecule has 0 spiro atoms. The third kappa shape index (κ3) is 4.72. The first kappa shape index (κ1) is 22.9. The van der Waals surface area contributed by atoms with Crippen LogP contribution >= 0.6 is 11.6 Å². The van der Waals surface area contributed by atoms with Crippen LogP contribution in [0.15, 0.2) is 66.7 Å². The van der Waals surface area contributed by atoms with E-state index in [9.17, 15) is 14.4 Å². The van der Waals surface area contributed by atoms with Crippen molar-refractivity contribution in [1.29, 1.82) is 0 Å². The number of anilines is 1. The summed E-state index contributed by atoms with van der Waals surface area (Å²) in [6.45, 7) is 0.476. The number of aliphatic carboxylic acids is 1. The van der Waals surface area contributed by atoms with Crippen LogP contribution in [-0.4, -0.2) is 36.2 Å². The Bertz CT molecular complexity index is 1280. The van der Waals surface area contributed by atoms with Crippen LogP contribution in [0.1, 0.15) is 33.8 Å². The van der Waals surface area contributed by atoms with Crippen LogP contribution < -0.4 is 10.6 Å². The zero-order valence-corrected chi connectivity index (χ0v) is 19.4. The predicted octanol–water partition coefficient (Wildman–Crippen LogP) is 5.15. The number of carbonyl (C=O) groups is 3. The summed E-state index contributed by atoms with van der Waals surface area (Å²) in [6, 6.07) is 20.7. The van der Waals surface area contributed by atoms with Crippen molar-refractivity contribution in [1.82, 2.24) is 5.32 Å². The number of benzene rings is 3. The molecule has 0 bridgehead atoms. The first-order valence-corrected chi connectivity index (χ1v) is 11.7. The lowest BCUT2D eigenvalue weighted by molar-refractivity contribution is -0.138. The van der Waals surface area contributed by atoms with Gasteiger partial charge in [-0.2, -0.15) is 0 Å². The summed E-state index contributed by atoms with van der Waals surface area (Å²) in [6.07, 6.45) is -0.0706. The Balaban J connectivity index is 1.18. The average Bonchev–Trinajstić information content (AvgIpc) is 3.58. The van der Waals surface area contributed by atoms with Crippen molar-refractivity contribution in [2.75, 3.05) is 18.5 Å². The molecule has 0 saturated heterocycles. The lowest BCUT2D eigenvalue weighted by atomic mass is 9.98. The van der Waals surface area contributed by atoms with Gasteiger partial charge in [0.25, 0.3) is 5.91 Å². The molecular weight excluding hydrogens is 468 g/mol. The Labute approximate surface area is 207 Å². The van der Waals surface area contributed by atoms with Gasteiger partial charge in [-0.15, -0.1) is 0 Å². The molecule has 2 amide bonds. The molecule has 35 heavy (non-hydrogen) atoms. The van der Waals surface area contributed by atoms with Crippen molar-refractivity contribution in [3.8, 4) is 11.1 Å². The minimum Gasteiger partial charge on any atom is -0.481 e. The molecule has 0 radical (unpaired) electrons. The zero-order valence-electron chi connectivity index (χ0n) is 18.7. The van der Waals surface area contributed by atoms with Crippen molar-refractivity contribution < 1.29 is 24.2 Å². The van der Waals surface area contributed by atoms with Gasteiger partial charge in [-0.1, -0.05) is 60.1 Å². The van der Waals surface area contributed by atoms with Gasteiger partial charge in [0.1, 0.15) is 6.61 Å². The molecule has 5 rings (SSSR count). The Morgan fingerprint density at radius 1 is 0.971 bits per heavy atom. The van der Waals surface area contributed by atoms with E-state index >= 15 is 0 Å². The third-order valence-corrected chi connectivity index (χ3v) is 6.89. The van der Waals surface area contributed by atoms with Crippen LogP contribution in [0.4, 0.5) is 10.5 Å². The van der Waals surface area contributed by atoms with Crippen molar-refractivity contribution in [3.63, 3.8) is 0 Å². The van der Waals surface area contributed by atoms with Crippen LogP contribution in [0.25, 0.3) is 11.1 Å². The Kier molecular flexibility index (Phi) is 6.17. The summed E-state index contributed by atoms with van der Waals surface area (Å²) in [4.78, 5) is 35.8. The molecule has 1 saturated carbocycles. The van der Waals surface area contributed by atoms with Gasteiger partial charge in [0.05, 0.1) is 16.6 Å². The SMILES string of the molecule is O=C(Nc1ccc(C(=O)NC[C@@H]2C[C@@H]2C(=O)O)cc1Cl)OCC1c2ccccc2-c2ccccc21. The van der Waals surface area contributed by atoms with Crippen LogP contribution in [0.5, 0.6) is 0 Å². The molecule has 0 aromatic heterocycles. The molecule has 1 fully saturated rings. The second-order valence-corrected chi connectivity index (χ2v) is 9.20. The van der Waals surface area contributed by atoms with Gasteiger partial charge < -0.3 is 15.2 Å². The number of hydrogen-bond donors (Lipinski definition) is 3. The van der Waals surface area contributed by atoms with Gasteiger partial charge in [-0.3, -0.25) is 14.9 Å². The summed E-state index contributed by atoms with van der Waals surface area (Å²) in [5.74, 6) is -1.67. The summed E-state index contributed by atoms with van der Waals surface area (Å²) in [5.41, 5.74) is 5.18. The number of amides is 2. The highest BCUT2D eigenvalue weighted by Gasteiger charge is 2.43. The number of ether oxygens (including phenoxy) is 1. The summed E-state index contributed by atoms with van der Waals surface area (Å²) >= 11 is 6.29. The maximum atomic E-state index is 12.5. The van der Waals surface area contributed by atoms with Gasteiger partial charge in [0.15, 0.2) is 0 Å². The molecular formula is C27H23ClN2O5. The van der Waals surface area contributed by atoms with Crippen LogP contribution in [0.2, 0.25) is 5.02 Å². The second kappa shape index (κ2) is 9.43. The van der Waals surface area contributed by atoms with Crippen LogP contribution in [0.3, 0.4) is 0 Å². The highest BCUT2D eigenvalue weighted by molar-refractivity contribution is 6.34. The van der Waals surface area contributed by atoms with E-state index in [1.165, 1.54) is 12.1 Å². The van der Waals surface area contributed by atoms with Crippen molar-refractivity contribution in [3.05, 3.63) is 88.4 Å².